The van der Waals surface area contributed by atoms with Crippen molar-refractivity contribution in [3.05, 3.63) is 71.2 Å². The number of nitrogens with zero attached hydrogens (tertiary/aromatic N) is 2. The summed E-state index contributed by atoms with van der Waals surface area (Å²) in [6.45, 7) is 4.72. The van der Waals surface area contributed by atoms with Crippen LogP contribution in [0.3, 0.4) is 0 Å². The maximum atomic E-state index is 13.1. The number of halogens is 1. The summed E-state index contributed by atoms with van der Waals surface area (Å²) in [4.78, 5) is 33.2. The molecule has 1 amide bonds. The second-order valence-corrected chi connectivity index (χ2v) is 9.54. The highest BCUT2D eigenvalue weighted by atomic mass is 19.1. The first-order chi connectivity index (χ1) is 18.6. The van der Waals surface area contributed by atoms with E-state index in [0.717, 1.165) is 55.4 Å². The van der Waals surface area contributed by atoms with Crippen molar-refractivity contribution >= 4 is 28.7 Å². The van der Waals surface area contributed by atoms with Crippen LogP contribution in [-0.2, 0) is 16.0 Å². The van der Waals surface area contributed by atoms with Crippen molar-refractivity contribution in [3.8, 4) is 0 Å². The molecule has 5 N–H and O–H groups in total. The van der Waals surface area contributed by atoms with Gasteiger partial charge in [0.2, 0.25) is 0 Å². The minimum atomic E-state index is -1.82. The average Bonchev–Trinajstić information content (AvgIpc) is 3.26. The molecule has 4 rings (SSSR count). The number of rotatable bonds is 8. The van der Waals surface area contributed by atoms with E-state index >= 15 is 0 Å². The van der Waals surface area contributed by atoms with Crippen LogP contribution < -0.4 is 5.32 Å². The number of carboxylic acid groups (broad SMARTS) is 2. The Hall–Kier alpha value is -3.80. The van der Waals surface area contributed by atoms with E-state index in [1.165, 1.54) is 17.8 Å². The fourth-order valence-electron chi connectivity index (χ4n) is 4.70. The molecule has 1 aliphatic heterocycles. The van der Waals surface area contributed by atoms with Crippen molar-refractivity contribution in [2.24, 2.45) is 0 Å². The van der Waals surface area contributed by atoms with E-state index in [-0.39, 0.29) is 24.9 Å². The molecular weight excluding hydrogens is 509 g/mol. The van der Waals surface area contributed by atoms with E-state index in [9.17, 15) is 14.3 Å². The molecule has 0 saturated carbocycles. The number of piperidine rings is 1. The molecule has 1 fully saturated rings. The summed E-state index contributed by atoms with van der Waals surface area (Å²) >= 11 is 0. The van der Waals surface area contributed by atoms with Gasteiger partial charge in [-0.3, -0.25) is 4.79 Å². The lowest BCUT2D eigenvalue weighted by Gasteiger charge is -2.34. The predicted octanol–water partition coefficient (Wildman–Crippen LogP) is 2.21. The number of carbonyl (C=O) groups excluding carboxylic acids is 1. The molecule has 2 heterocycles. The quantitative estimate of drug-likeness (QED) is 0.271. The minimum Gasteiger partial charge on any atom is -0.473 e. The van der Waals surface area contributed by atoms with Crippen LogP contribution in [0.15, 0.2) is 48.5 Å². The molecule has 0 aliphatic carbocycles. The van der Waals surface area contributed by atoms with E-state index in [1.807, 2.05) is 24.3 Å². The van der Waals surface area contributed by atoms with Gasteiger partial charge in [-0.25, -0.2) is 14.0 Å². The number of amides is 1. The van der Waals surface area contributed by atoms with Gasteiger partial charge < -0.3 is 35.2 Å². The largest absolute Gasteiger partial charge is 0.473 e. The van der Waals surface area contributed by atoms with Gasteiger partial charge in [0, 0.05) is 49.0 Å². The Morgan fingerprint density at radius 2 is 1.67 bits per heavy atom. The lowest BCUT2D eigenvalue weighted by molar-refractivity contribution is -0.159. The first-order valence-corrected chi connectivity index (χ1v) is 12.7. The van der Waals surface area contributed by atoms with Gasteiger partial charge in [-0.15, -0.1) is 0 Å². The van der Waals surface area contributed by atoms with Crippen LogP contribution in [-0.4, -0.2) is 86.6 Å². The monoisotopic (exact) mass is 543 g/mol. The highest BCUT2D eigenvalue weighted by molar-refractivity contribution is 6.27. The Balaban J connectivity index is 0.000000631. The number of aliphatic hydroxyl groups is 2. The molecule has 1 aromatic heterocycles. The number of aromatic nitrogens is 1. The van der Waals surface area contributed by atoms with Gasteiger partial charge in [0.05, 0.1) is 12.7 Å². The van der Waals surface area contributed by atoms with Crippen LogP contribution in [0.4, 0.5) is 4.39 Å². The van der Waals surface area contributed by atoms with E-state index in [1.54, 1.807) is 6.07 Å². The number of aryl methyl sites for hydroxylation is 1. The van der Waals surface area contributed by atoms with Gasteiger partial charge in [-0.1, -0.05) is 18.2 Å². The Morgan fingerprint density at radius 3 is 2.26 bits per heavy atom. The van der Waals surface area contributed by atoms with E-state index in [0.29, 0.717) is 11.6 Å². The van der Waals surface area contributed by atoms with Crippen molar-refractivity contribution in [1.29, 1.82) is 0 Å². The molecule has 39 heavy (non-hydrogen) atoms. The van der Waals surface area contributed by atoms with E-state index in [2.05, 4.69) is 27.8 Å². The number of carbonyl (C=O) groups is 3. The van der Waals surface area contributed by atoms with Gasteiger partial charge in [0.25, 0.3) is 5.91 Å². The number of benzene rings is 2. The van der Waals surface area contributed by atoms with Crippen molar-refractivity contribution < 1.29 is 39.2 Å². The summed E-state index contributed by atoms with van der Waals surface area (Å²) < 4.78 is 15.5. The van der Waals surface area contributed by atoms with E-state index in [4.69, 9.17) is 24.9 Å². The number of hydrogen-bond acceptors (Lipinski definition) is 6. The number of nitrogens with one attached hydrogen (secondary N) is 1. The van der Waals surface area contributed by atoms with Crippen LogP contribution in [0, 0.1) is 12.7 Å². The normalized spacial score (nSPS) is 14.9. The molecule has 10 nitrogen and oxygen atoms in total. The number of carboxylic acids is 2. The highest BCUT2D eigenvalue weighted by Gasteiger charge is 2.23. The first kappa shape index (κ1) is 29.8. The van der Waals surface area contributed by atoms with Gasteiger partial charge in [-0.05, 0) is 67.5 Å². The first-order valence-electron chi connectivity index (χ1n) is 12.7. The average molecular weight is 544 g/mol. The number of aliphatic hydroxyl groups excluding tert-OH is 2. The molecule has 3 aromatic rings. The number of aliphatic carboxylic acids is 2. The van der Waals surface area contributed by atoms with Crippen LogP contribution in [0.2, 0.25) is 0 Å². The molecule has 0 bridgehead atoms. The van der Waals surface area contributed by atoms with Gasteiger partial charge in [-0.2, -0.15) is 0 Å². The maximum Gasteiger partial charge on any atom is 0.414 e. The summed E-state index contributed by atoms with van der Waals surface area (Å²) in [5, 5.41) is 37.0. The highest BCUT2D eigenvalue weighted by Crippen LogP contribution is 2.31. The molecule has 0 radical (unpaired) electrons. The second kappa shape index (κ2) is 13.8. The molecule has 11 heteroatoms. The smallest absolute Gasteiger partial charge is 0.414 e. The Kier molecular flexibility index (Phi) is 10.6. The van der Waals surface area contributed by atoms with Crippen molar-refractivity contribution in [1.82, 2.24) is 14.8 Å². The van der Waals surface area contributed by atoms with Crippen molar-refractivity contribution in [2.45, 2.75) is 38.3 Å². The zero-order valence-electron chi connectivity index (χ0n) is 21.7. The molecule has 2 aromatic carbocycles. The standard InChI is InChI=1S/C26H32FN3O3.C2H2O4/c1-18-14-20-4-5-21(26(33)28-16-24(32)17-31)15-25(20)30(18)23-9-12-29(13-10-23)11-8-19-2-6-22(27)7-3-19;3-1(4)2(5)6/h2-7,14-15,23-24,31-32H,8-13,16-17H2,1H3,(H,28,33);(H,3,4)(H,5,6). The molecule has 210 valence electrons. The zero-order chi connectivity index (χ0) is 28.5. The number of likely N-dealkylation sites (tertiary alicyclic amines) is 1. The Labute approximate surface area is 225 Å². The summed E-state index contributed by atoms with van der Waals surface area (Å²) in [6.07, 6.45) is 2.03. The zero-order valence-corrected chi connectivity index (χ0v) is 21.7. The molecule has 1 aliphatic rings. The fourth-order valence-corrected chi connectivity index (χ4v) is 4.70. The molecule has 0 spiro atoms. The minimum absolute atomic E-state index is 0.0177. The summed E-state index contributed by atoms with van der Waals surface area (Å²) in [6, 6.07) is 15.0. The Morgan fingerprint density at radius 1 is 1.03 bits per heavy atom. The maximum absolute atomic E-state index is 13.1. The molecule has 1 unspecified atom stereocenters. The SMILES string of the molecule is Cc1cc2ccc(C(=O)NCC(O)CO)cc2n1C1CCN(CCc2ccc(F)cc2)CC1.O=C(O)C(=O)O. The third-order valence-electron chi connectivity index (χ3n) is 6.74. The number of fused-ring (bicyclic) bond motifs is 1. The van der Waals surface area contributed by atoms with Gasteiger partial charge >= 0.3 is 11.9 Å². The predicted molar refractivity (Wildman–Crippen MR) is 142 cm³/mol. The van der Waals surface area contributed by atoms with E-state index < -0.39 is 18.0 Å². The van der Waals surface area contributed by atoms with Crippen LogP contribution >= 0.6 is 0 Å². The Bertz CT molecular complexity index is 1270. The third kappa shape index (κ3) is 8.34. The lowest BCUT2D eigenvalue weighted by Crippen LogP contribution is -2.36. The summed E-state index contributed by atoms with van der Waals surface area (Å²) in [5.74, 6) is -4.10. The van der Waals surface area contributed by atoms with Crippen LogP contribution in [0.5, 0.6) is 0 Å². The van der Waals surface area contributed by atoms with Gasteiger partial charge in [0.1, 0.15) is 5.82 Å². The van der Waals surface area contributed by atoms with Gasteiger partial charge in [0.15, 0.2) is 0 Å². The fraction of sp³-hybridized carbons (Fsp3) is 0.393. The summed E-state index contributed by atoms with van der Waals surface area (Å²) in [7, 11) is 0. The molecule has 1 saturated heterocycles. The molecular formula is C28H34FN3O7. The second-order valence-electron chi connectivity index (χ2n) is 9.54. The number of hydrogen-bond donors (Lipinski definition) is 5. The third-order valence-corrected chi connectivity index (χ3v) is 6.74. The van der Waals surface area contributed by atoms with Crippen molar-refractivity contribution in [3.63, 3.8) is 0 Å². The van der Waals surface area contributed by atoms with Crippen LogP contribution in [0.1, 0.15) is 40.5 Å². The lowest BCUT2D eigenvalue weighted by atomic mass is 10.0. The topological polar surface area (TPSA) is 152 Å². The van der Waals surface area contributed by atoms with Crippen LogP contribution in [0.25, 0.3) is 10.9 Å². The van der Waals surface area contributed by atoms with Crippen molar-refractivity contribution in [2.75, 3.05) is 32.8 Å². The summed E-state index contributed by atoms with van der Waals surface area (Å²) in [5.41, 5.74) is 3.93. The molecule has 1 atom stereocenters.